The molecule has 1 saturated heterocycles. The predicted molar refractivity (Wildman–Crippen MR) is 51.9 cm³/mol. The molecule has 1 amide bonds. The van der Waals surface area contributed by atoms with Gasteiger partial charge in [-0.05, 0) is 12.1 Å². The van der Waals surface area contributed by atoms with E-state index in [1.807, 2.05) is 0 Å². The van der Waals surface area contributed by atoms with Crippen molar-refractivity contribution in [3.05, 3.63) is 30.1 Å². The molecule has 0 N–H and O–H groups in total. The highest BCUT2D eigenvalue weighted by molar-refractivity contribution is 5.99. The minimum atomic E-state index is -1.27. The monoisotopic (exact) mass is 222 g/mol. The molecule has 84 valence electrons. The van der Waals surface area contributed by atoms with Crippen LogP contribution in [0.25, 0.3) is 0 Å². The minimum absolute atomic E-state index is 0.0257. The molecule has 1 atom stereocenters. The molecule has 16 heavy (non-hydrogen) atoms. The number of carboxylic acids is 1. The number of halogens is 1. The van der Waals surface area contributed by atoms with Crippen molar-refractivity contribution in [3.63, 3.8) is 0 Å². The summed E-state index contributed by atoms with van der Waals surface area (Å²) in [6.45, 7) is -0.0257. The number of hydrogen-bond acceptors (Lipinski definition) is 3. The smallest absolute Gasteiger partial charge is 0.227 e. The average molecular weight is 222 g/mol. The van der Waals surface area contributed by atoms with Crippen molar-refractivity contribution in [1.29, 1.82) is 0 Å². The van der Waals surface area contributed by atoms with Crippen LogP contribution >= 0.6 is 0 Å². The molecule has 2 rings (SSSR count). The zero-order valence-corrected chi connectivity index (χ0v) is 8.35. The Morgan fingerprint density at radius 3 is 2.69 bits per heavy atom. The summed E-state index contributed by atoms with van der Waals surface area (Å²) in [5.41, 5.74) is 0.122. The van der Waals surface area contributed by atoms with Crippen LogP contribution in [0.5, 0.6) is 0 Å². The van der Waals surface area contributed by atoms with E-state index in [-0.39, 0.29) is 24.6 Å². The Hall–Kier alpha value is -1.91. The van der Waals surface area contributed by atoms with E-state index in [9.17, 15) is 19.1 Å². The third-order valence-electron chi connectivity index (χ3n) is 2.60. The Morgan fingerprint density at radius 2 is 2.12 bits per heavy atom. The summed E-state index contributed by atoms with van der Waals surface area (Å²) in [5.74, 6) is -3.05. The Bertz CT molecular complexity index is 447. The number of amides is 1. The van der Waals surface area contributed by atoms with Gasteiger partial charge in [0.05, 0.1) is 5.69 Å². The molecule has 0 spiro atoms. The van der Waals surface area contributed by atoms with Crippen LogP contribution in [-0.4, -0.2) is 18.4 Å². The first kappa shape index (κ1) is 10.6. The second kappa shape index (κ2) is 3.92. The van der Waals surface area contributed by atoms with Gasteiger partial charge in [-0.1, -0.05) is 12.1 Å². The summed E-state index contributed by atoms with van der Waals surface area (Å²) in [4.78, 5) is 23.3. The van der Waals surface area contributed by atoms with Crippen LogP contribution in [0.2, 0.25) is 0 Å². The van der Waals surface area contributed by atoms with Crippen LogP contribution < -0.4 is 10.0 Å². The van der Waals surface area contributed by atoms with Crippen LogP contribution in [0, 0.1) is 11.7 Å². The molecule has 1 fully saturated rings. The highest BCUT2D eigenvalue weighted by Crippen LogP contribution is 2.26. The molecule has 0 aromatic heterocycles. The molecule has 1 aromatic carbocycles. The molecule has 0 radical (unpaired) electrons. The van der Waals surface area contributed by atoms with E-state index in [0.29, 0.717) is 0 Å². The van der Waals surface area contributed by atoms with Gasteiger partial charge < -0.3 is 14.8 Å². The second-order valence-corrected chi connectivity index (χ2v) is 3.68. The van der Waals surface area contributed by atoms with E-state index in [1.54, 1.807) is 6.07 Å². The fourth-order valence-electron chi connectivity index (χ4n) is 1.77. The standard InChI is InChI=1S/C11H10FNO3/c12-8-3-1-2-4-9(8)13-6-7(11(15)16)5-10(13)14/h1-4,7H,5-6H2,(H,15,16)/p-1. The van der Waals surface area contributed by atoms with E-state index >= 15 is 0 Å². The third kappa shape index (κ3) is 1.76. The van der Waals surface area contributed by atoms with Crippen molar-refractivity contribution in [2.45, 2.75) is 6.42 Å². The van der Waals surface area contributed by atoms with Gasteiger partial charge in [0.15, 0.2) is 0 Å². The van der Waals surface area contributed by atoms with Crippen LogP contribution in [0.4, 0.5) is 10.1 Å². The van der Waals surface area contributed by atoms with Crippen LogP contribution in [0.15, 0.2) is 24.3 Å². The molecule has 1 unspecified atom stereocenters. The van der Waals surface area contributed by atoms with Gasteiger partial charge >= 0.3 is 0 Å². The zero-order valence-electron chi connectivity index (χ0n) is 8.35. The van der Waals surface area contributed by atoms with Gasteiger partial charge in [0.1, 0.15) is 5.82 Å². The predicted octanol–water partition coefficient (Wildman–Crippen LogP) is -0.0715. The highest BCUT2D eigenvalue weighted by Gasteiger charge is 2.32. The molecule has 5 heteroatoms. The van der Waals surface area contributed by atoms with Crippen molar-refractivity contribution >= 4 is 17.6 Å². The molecule has 1 heterocycles. The molecule has 0 bridgehead atoms. The normalized spacial score (nSPS) is 20.2. The number of para-hydroxylation sites is 1. The topological polar surface area (TPSA) is 60.4 Å². The SMILES string of the molecule is O=C([O-])C1CC(=O)N(c2ccccc2F)C1. The molecule has 0 saturated carbocycles. The van der Waals surface area contributed by atoms with Crippen LogP contribution in [0.3, 0.4) is 0 Å². The molecule has 0 aliphatic carbocycles. The number of hydrogen-bond donors (Lipinski definition) is 0. The lowest BCUT2D eigenvalue weighted by molar-refractivity contribution is -0.310. The molecule has 1 aliphatic heterocycles. The molecular weight excluding hydrogens is 213 g/mol. The van der Waals surface area contributed by atoms with Crippen molar-refractivity contribution in [2.75, 3.05) is 11.4 Å². The number of carbonyl (C=O) groups is 2. The lowest BCUT2D eigenvalue weighted by Gasteiger charge is -2.17. The van der Waals surface area contributed by atoms with Crippen molar-refractivity contribution < 1.29 is 19.1 Å². The Kier molecular flexibility index (Phi) is 2.60. The van der Waals surface area contributed by atoms with Crippen molar-refractivity contribution in [1.82, 2.24) is 0 Å². The van der Waals surface area contributed by atoms with E-state index in [1.165, 1.54) is 18.2 Å². The number of anilines is 1. The Labute approximate surface area is 91.3 Å². The van der Waals surface area contributed by atoms with E-state index in [4.69, 9.17) is 0 Å². The number of nitrogens with zero attached hydrogens (tertiary/aromatic N) is 1. The first-order valence-corrected chi connectivity index (χ1v) is 4.85. The Morgan fingerprint density at radius 1 is 1.44 bits per heavy atom. The van der Waals surface area contributed by atoms with Gasteiger partial charge in [-0.25, -0.2) is 4.39 Å². The van der Waals surface area contributed by atoms with Gasteiger partial charge in [-0.3, -0.25) is 4.79 Å². The van der Waals surface area contributed by atoms with Gasteiger partial charge in [0.25, 0.3) is 0 Å². The lowest BCUT2D eigenvalue weighted by Crippen LogP contribution is -2.33. The van der Waals surface area contributed by atoms with Crippen LogP contribution in [0.1, 0.15) is 6.42 Å². The van der Waals surface area contributed by atoms with E-state index in [2.05, 4.69) is 0 Å². The highest BCUT2D eigenvalue weighted by atomic mass is 19.1. The Balaban J connectivity index is 2.27. The summed E-state index contributed by atoms with van der Waals surface area (Å²) in [6.07, 6.45) is -0.128. The fourth-order valence-corrected chi connectivity index (χ4v) is 1.77. The number of aliphatic carboxylic acids is 1. The number of benzene rings is 1. The average Bonchev–Trinajstić information content (AvgIpc) is 2.61. The summed E-state index contributed by atoms with van der Waals surface area (Å²) < 4.78 is 13.4. The van der Waals surface area contributed by atoms with E-state index < -0.39 is 17.7 Å². The quantitative estimate of drug-likeness (QED) is 0.703. The fraction of sp³-hybridized carbons (Fsp3) is 0.273. The minimum Gasteiger partial charge on any atom is -0.550 e. The number of carbonyl (C=O) groups excluding carboxylic acids is 2. The van der Waals surface area contributed by atoms with Crippen molar-refractivity contribution in [2.24, 2.45) is 5.92 Å². The maximum absolute atomic E-state index is 13.4. The molecule has 4 nitrogen and oxygen atoms in total. The van der Waals surface area contributed by atoms with E-state index in [0.717, 1.165) is 4.90 Å². The summed E-state index contributed by atoms with van der Waals surface area (Å²) >= 11 is 0. The summed E-state index contributed by atoms with van der Waals surface area (Å²) in [7, 11) is 0. The van der Waals surface area contributed by atoms with Gasteiger partial charge in [0.2, 0.25) is 5.91 Å². The molecular formula is C11H9FNO3-. The summed E-state index contributed by atoms with van der Waals surface area (Å²) in [5, 5.41) is 10.6. The first-order chi connectivity index (χ1) is 7.59. The number of rotatable bonds is 2. The maximum Gasteiger partial charge on any atom is 0.227 e. The van der Waals surface area contributed by atoms with Gasteiger partial charge in [-0.15, -0.1) is 0 Å². The zero-order chi connectivity index (χ0) is 11.7. The largest absolute Gasteiger partial charge is 0.550 e. The first-order valence-electron chi connectivity index (χ1n) is 4.85. The lowest BCUT2D eigenvalue weighted by atomic mass is 10.1. The van der Waals surface area contributed by atoms with Gasteiger partial charge in [-0.2, -0.15) is 0 Å². The molecule has 1 aliphatic rings. The molecule has 1 aromatic rings. The van der Waals surface area contributed by atoms with Crippen LogP contribution in [-0.2, 0) is 9.59 Å². The summed E-state index contributed by atoms with van der Waals surface area (Å²) in [6, 6.07) is 5.79. The maximum atomic E-state index is 13.4. The van der Waals surface area contributed by atoms with Gasteiger partial charge in [0, 0.05) is 24.9 Å². The van der Waals surface area contributed by atoms with Crippen molar-refractivity contribution in [3.8, 4) is 0 Å². The third-order valence-corrected chi connectivity index (χ3v) is 2.60. The second-order valence-electron chi connectivity index (χ2n) is 3.68. The number of carboxylic acid groups (broad SMARTS) is 1.